The summed E-state index contributed by atoms with van der Waals surface area (Å²) in [5, 5.41) is 10.3. The Bertz CT molecular complexity index is 5690. The van der Waals surface area contributed by atoms with Crippen molar-refractivity contribution in [2.45, 2.75) is 42.5 Å². The molecule has 4 aliphatic rings. The van der Waals surface area contributed by atoms with Gasteiger partial charge in [0.2, 0.25) is 43.7 Å². The van der Waals surface area contributed by atoms with E-state index in [2.05, 4.69) is 26.3 Å². The maximum absolute atomic E-state index is 13.7. The van der Waals surface area contributed by atoms with Crippen molar-refractivity contribution in [2.24, 2.45) is 30.7 Å². The molecule has 0 saturated carbocycles. The molecule has 580 valence electrons. The maximum atomic E-state index is 13.7. The number of fused-ring (bicyclic) bond motifs is 4. The van der Waals surface area contributed by atoms with E-state index in [0.29, 0.717) is 48.4 Å². The largest absolute Gasteiger partial charge is 0.339 e. The number of benzene rings is 9. The summed E-state index contributed by atoms with van der Waals surface area (Å²) in [6, 6.07) is 52.4. The standard InChI is InChI=1S/C22H18ClFN2O3S.C20H18ClFN4O3S.C18H18ClFN2O3S.C17H16ClFN2O3S/c23-19-11-10-17(13-20(19)24)25-22(27)16-12-15-6-4-5-9-21(15)26(14-16)30(28,29)18-7-2-1-3-8-18;1-25-11-19(23-12-25)30(28,29)26-10-14(8-13-4-2-3-5-18(13)26)20(27)24-15-6-7-16(21)17(22)9-15;1-2-26(24,25)22-11-13(9-12-5-3-4-6-17(12)22)18(23)21-14-7-8-15(19)16(20)10-14;1-25(23,24)21-10-12(8-11-4-2-3-5-16(11)21)17(22)20-13-6-7-14(18)15(19)9-13/h1-11,13,16H,12,14H2,(H,25,27);2-7,9,11-12,14H,8,10H2,1H3,(H,24,27);3-8,10,13H,2,9,11H2,1H3,(H,21,23);2-7,9,12H,8,10H2,1H3,(H,20,22)/t16-;14-;13-;12-/m0000/s1. The minimum Gasteiger partial charge on any atom is -0.339 e. The second-order valence-electron chi connectivity index (χ2n) is 26.1. The van der Waals surface area contributed by atoms with Gasteiger partial charge in [-0.1, -0.05) is 137 Å². The summed E-state index contributed by atoms with van der Waals surface area (Å²) in [7, 11) is -13.2. The Kier molecular flexibility index (Phi) is 25.6. The molecule has 4 amide bonds. The Morgan fingerprint density at radius 1 is 0.405 bits per heavy atom. The summed E-state index contributed by atoms with van der Waals surface area (Å²) < 4.78 is 163. The van der Waals surface area contributed by atoms with Crippen LogP contribution in [-0.4, -0.2) is 105 Å². The van der Waals surface area contributed by atoms with Crippen LogP contribution in [0.4, 0.5) is 63.1 Å². The zero-order valence-corrected chi connectivity index (χ0v) is 65.4. The number of imidazole rings is 1. The van der Waals surface area contributed by atoms with Crippen LogP contribution in [-0.2, 0) is 92.0 Å². The van der Waals surface area contributed by atoms with E-state index in [4.69, 9.17) is 46.4 Å². The molecule has 4 aliphatic heterocycles. The molecule has 22 nitrogen and oxygen atoms in total. The number of hydrogen-bond donors (Lipinski definition) is 4. The van der Waals surface area contributed by atoms with E-state index in [-0.39, 0.29) is 102 Å². The predicted octanol–water partition coefficient (Wildman–Crippen LogP) is 14.2. The molecular formula is C77H70Cl4F4N10O12S4. The molecule has 0 unspecified atom stereocenters. The Hall–Kier alpha value is -10.1. The lowest BCUT2D eigenvalue weighted by molar-refractivity contribution is -0.120. The topological polar surface area (TPSA) is 284 Å². The van der Waals surface area contributed by atoms with E-state index in [0.717, 1.165) is 52.8 Å². The lowest BCUT2D eigenvalue weighted by atomic mass is 9.93. The van der Waals surface area contributed by atoms with Crippen LogP contribution in [0.5, 0.6) is 0 Å². The van der Waals surface area contributed by atoms with Crippen LogP contribution in [0.15, 0.2) is 223 Å². The molecule has 0 saturated heterocycles. The molecule has 9 aromatic carbocycles. The van der Waals surface area contributed by atoms with Crippen molar-refractivity contribution in [1.82, 2.24) is 9.55 Å². The predicted molar refractivity (Wildman–Crippen MR) is 422 cm³/mol. The monoisotopic (exact) mass is 1670 g/mol. The molecule has 0 fully saturated rings. The summed E-state index contributed by atoms with van der Waals surface area (Å²) in [6.45, 7) is 1.58. The first-order chi connectivity index (χ1) is 52.7. The van der Waals surface area contributed by atoms with Gasteiger partial charge in [0.05, 0.1) is 89.7 Å². The molecule has 0 spiro atoms. The number of nitrogens with zero attached hydrogens (tertiary/aromatic N) is 6. The zero-order chi connectivity index (χ0) is 79.9. The van der Waals surface area contributed by atoms with Crippen LogP contribution >= 0.6 is 46.4 Å². The van der Waals surface area contributed by atoms with Gasteiger partial charge in [-0.2, -0.15) is 8.42 Å². The van der Waals surface area contributed by atoms with Gasteiger partial charge in [0.15, 0.2) is 5.03 Å². The van der Waals surface area contributed by atoms with Crippen LogP contribution in [0.2, 0.25) is 20.1 Å². The van der Waals surface area contributed by atoms with Crippen molar-refractivity contribution in [1.29, 1.82) is 0 Å². The van der Waals surface area contributed by atoms with Crippen LogP contribution in [0.1, 0.15) is 29.2 Å². The quantitative estimate of drug-likeness (QED) is 0.0696. The maximum Gasteiger partial charge on any atom is 0.283 e. The second kappa shape index (κ2) is 34.7. The molecule has 0 aliphatic carbocycles. The second-order valence-corrected chi connectivity index (χ2v) is 35.5. The van der Waals surface area contributed by atoms with Crippen LogP contribution in [0.25, 0.3) is 0 Å². The molecule has 4 N–H and O–H groups in total. The van der Waals surface area contributed by atoms with Gasteiger partial charge in [0.25, 0.3) is 20.0 Å². The average molecular weight is 1670 g/mol. The first-order valence-corrected chi connectivity index (χ1v) is 42.0. The van der Waals surface area contributed by atoms with E-state index in [1.807, 2.05) is 18.2 Å². The average Bonchev–Trinajstić information content (AvgIpc) is 1.07. The zero-order valence-electron chi connectivity index (χ0n) is 59.1. The minimum atomic E-state index is -3.96. The minimum absolute atomic E-state index is 0.0177. The van der Waals surface area contributed by atoms with E-state index in [1.54, 1.807) is 116 Å². The van der Waals surface area contributed by atoms with Gasteiger partial charge in [-0.25, -0.2) is 47.8 Å². The third-order valence-corrected chi connectivity index (χ3v) is 25.9. The third-order valence-electron chi connectivity index (χ3n) is 18.4. The van der Waals surface area contributed by atoms with Gasteiger partial charge >= 0.3 is 0 Å². The van der Waals surface area contributed by atoms with Crippen LogP contribution in [0, 0.1) is 46.9 Å². The SMILES string of the molecule is CCS(=O)(=O)N1C[C@@H](C(=O)Nc2ccc(Cl)c(F)c2)Cc2ccccc21.CS(=O)(=O)N1C[C@@H](C(=O)Nc2ccc(Cl)c(F)c2)Cc2ccccc21.Cn1cnc(S(=O)(=O)N2C[C@@H](C(=O)Nc3ccc(Cl)c(F)c3)Cc3ccccc32)c1.O=C(Nc1ccc(Cl)c(F)c1)[C@H]1Cc2ccccc2N(S(=O)(=O)c2ccccc2)C1. The first kappa shape index (κ1) is 81.9. The fourth-order valence-electron chi connectivity index (χ4n) is 12.7. The van der Waals surface area contributed by atoms with E-state index in [9.17, 15) is 70.4 Å². The van der Waals surface area contributed by atoms with Gasteiger partial charge in [0, 0.05) is 62.2 Å². The number of sulfonamides is 4. The Balaban J connectivity index is 0.000000147. The molecule has 1 aromatic heterocycles. The van der Waals surface area contributed by atoms with Crippen LogP contribution in [0.3, 0.4) is 0 Å². The molecule has 5 heterocycles. The third kappa shape index (κ3) is 19.5. The number of carbonyl (C=O) groups excluding carboxylic acids is 4. The van der Waals surface area contributed by atoms with Crippen molar-refractivity contribution in [3.63, 3.8) is 0 Å². The molecule has 4 atom stereocenters. The number of hydrogen-bond acceptors (Lipinski definition) is 13. The molecule has 0 radical (unpaired) electrons. The highest BCUT2D eigenvalue weighted by Crippen LogP contribution is 2.39. The molecule has 10 aromatic rings. The van der Waals surface area contributed by atoms with Crippen molar-refractivity contribution in [3.8, 4) is 0 Å². The number of halogens is 8. The Morgan fingerprint density at radius 3 is 1.00 bits per heavy atom. The van der Waals surface area contributed by atoms with Gasteiger partial charge in [-0.3, -0.25) is 36.4 Å². The highest BCUT2D eigenvalue weighted by molar-refractivity contribution is 7.93. The molecule has 14 rings (SSSR count). The molecule has 34 heteroatoms. The number of aromatic nitrogens is 2. The summed E-state index contributed by atoms with van der Waals surface area (Å²) in [5.41, 5.74) is 6.39. The molecule has 111 heavy (non-hydrogen) atoms. The van der Waals surface area contributed by atoms with E-state index < -0.39 is 92.9 Å². The normalized spacial score (nSPS) is 16.5. The van der Waals surface area contributed by atoms with Gasteiger partial charge in [-0.15, -0.1) is 0 Å². The van der Waals surface area contributed by atoms with Crippen molar-refractivity contribution in [3.05, 3.63) is 278 Å². The lowest BCUT2D eigenvalue weighted by Gasteiger charge is -2.34. The van der Waals surface area contributed by atoms with Crippen molar-refractivity contribution >= 4 is 156 Å². The number of aryl methyl sites for hydroxylation is 1. The molecular weight excluding hydrogens is 1600 g/mol. The highest BCUT2D eigenvalue weighted by Gasteiger charge is 2.40. The fourth-order valence-corrected chi connectivity index (χ4v) is 18.5. The highest BCUT2D eigenvalue weighted by atomic mass is 35.5. The first-order valence-electron chi connectivity index (χ1n) is 34.1. The van der Waals surface area contributed by atoms with Crippen LogP contribution < -0.4 is 38.5 Å². The number of anilines is 8. The smallest absolute Gasteiger partial charge is 0.283 e. The lowest BCUT2D eigenvalue weighted by Crippen LogP contribution is -2.44. The van der Waals surface area contributed by atoms with E-state index in [1.165, 1.54) is 90.4 Å². The number of nitrogens with one attached hydrogen (secondary N) is 4. The molecule has 0 bridgehead atoms. The summed E-state index contributed by atoms with van der Waals surface area (Å²) in [5.74, 6) is -6.62. The van der Waals surface area contributed by atoms with Crippen molar-refractivity contribution < 1.29 is 70.4 Å². The number of amides is 4. The summed E-state index contributed by atoms with van der Waals surface area (Å²) in [4.78, 5) is 55.1. The van der Waals surface area contributed by atoms with Gasteiger partial charge in [0.1, 0.15) is 23.3 Å². The van der Waals surface area contributed by atoms with E-state index >= 15 is 0 Å². The van der Waals surface area contributed by atoms with Gasteiger partial charge < -0.3 is 25.8 Å². The summed E-state index contributed by atoms with van der Waals surface area (Å²) in [6.07, 6.45) is 5.47. The van der Waals surface area contributed by atoms with Crippen molar-refractivity contribution in [2.75, 3.05) is 76.7 Å². The number of carbonyl (C=O) groups is 4. The number of rotatable bonds is 15. The Labute approximate surface area is 659 Å². The number of para-hydroxylation sites is 4. The summed E-state index contributed by atoms with van der Waals surface area (Å²) >= 11 is 22.6. The van der Waals surface area contributed by atoms with Gasteiger partial charge in [-0.05, 0) is 164 Å². The fraction of sp³-hybridized carbons (Fsp3) is 0.208. The Morgan fingerprint density at radius 2 is 0.694 bits per heavy atom.